The minimum atomic E-state index is -0.461. The van der Waals surface area contributed by atoms with Crippen molar-refractivity contribution in [3.05, 3.63) is 33.9 Å². The Bertz CT molecular complexity index is 656. The summed E-state index contributed by atoms with van der Waals surface area (Å²) in [5, 5.41) is 13.6. The quantitative estimate of drug-likeness (QED) is 0.669. The van der Waals surface area contributed by atoms with Crippen molar-refractivity contribution < 1.29 is 9.72 Å². The third kappa shape index (κ3) is 3.61. The van der Waals surface area contributed by atoms with Gasteiger partial charge in [0.15, 0.2) is 0 Å². The van der Waals surface area contributed by atoms with Crippen LogP contribution < -0.4 is 10.2 Å². The van der Waals surface area contributed by atoms with E-state index < -0.39 is 4.92 Å². The lowest BCUT2D eigenvalue weighted by atomic mass is 10.0. The second-order valence-corrected chi connectivity index (χ2v) is 6.98. The van der Waals surface area contributed by atoms with E-state index >= 15 is 0 Å². The van der Waals surface area contributed by atoms with Gasteiger partial charge in [-0.3, -0.25) is 19.8 Å². The van der Waals surface area contributed by atoms with Crippen molar-refractivity contribution >= 4 is 17.3 Å². The first-order valence-corrected chi connectivity index (χ1v) is 9.02. The summed E-state index contributed by atoms with van der Waals surface area (Å²) < 4.78 is 0. The lowest BCUT2D eigenvalue weighted by molar-refractivity contribution is -0.384. The lowest BCUT2D eigenvalue weighted by Crippen LogP contribution is -2.46. The molecule has 2 aliphatic rings. The Morgan fingerprint density at radius 3 is 2.52 bits per heavy atom. The third-order valence-corrected chi connectivity index (χ3v) is 5.54. The Morgan fingerprint density at radius 2 is 1.96 bits per heavy atom. The number of nitro groups is 1. The molecular weight excluding hydrogens is 320 g/mol. The molecule has 1 aromatic rings. The molecule has 2 aliphatic heterocycles. The number of anilines is 1. The van der Waals surface area contributed by atoms with Gasteiger partial charge in [0.2, 0.25) is 0 Å². The molecular formula is C18H26N4O3. The smallest absolute Gasteiger partial charge is 0.270 e. The first-order valence-electron chi connectivity index (χ1n) is 9.02. The van der Waals surface area contributed by atoms with E-state index in [-0.39, 0.29) is 11.6 Å². The largest absolute Gasteiger partial charge is 0.371 e. The number of rotatable bonds is 4. The number of benzene rings is 1. The Kier molecular flexibility index (Phi) is 5.22. The average molecular weight is 346 g/mol. The van der Waals surface area contributed by atoms with E-state index in [0.29, 0.717) is 17.6 Å². The van der Waals surface area contributed by atoms with Crippen molar-refractivity contribution in [2.45, 2.75) is 44.7 Å². The van der Waals surface area contributed by atoms with Crippen LogP contribution in [0.15, 0.2) is 18.2 Å². The average Bonchev–Trinajstić information content (AvgIpc) is 3.06. The fourth-order valence-corrected chi connectivity index (χ4v) is 4.17. The molecule has 0 aliphatic carbocycles. The molecule has 0 radical (unpaired) electrons. The summed E-state index contributed by atoms with van der Waals surface area (Å²) in [7, 11) is 1.55. The van der Waals surface area contributed by atoms with E-state index in [2.05, 4.69) is 22.0 Å². The van der Waals surface area contributed by atoms with Gasteiger partial charge in [-0.05, 0) is 45.2 Å². The zero-order valence-corrected chi connectivity index (χ0v) is 14.9. The van der Waals surface area contributed by atoms with Gasteiger partial charge in [0.25, 0.3) is 11.6 Å². The first kappa shape index (κ1) is 17.7. The molecule has 2 heterocycles. The van der Waals surface area contributed by atoms with Crippen LogP contribution in [-0.2, 0) is 0 Å². The summed E-state index contributed by atoms with van der Waals surface area (Å²) in [6.07, 6.45) is 4.69. The molecule has 0 spiro atoms. The van der Waals surface area contributed by atoms with Gasteiger partial charge in [0.1, 0.15) is 0 Å². The van der Waals surface area contributed by atoms with Crippen LogP contribution >= 0.6 is 0 Å². The van der Waals surface area contributed by atoms with Gasteiger partial charge in [-0.1, -0.05) is 0 Å². The molecule has 0 bridgehead atoms. The Morgan fingerprint density at radius 1 is 1.24 bits per heavy atom. The van der Waals surface area contributed by atoms with E-state index in [9.17, 15) is 14.9 Å². The highest BCUT2D eigenvalue weighted by Gasteiger charge is 2.31. The summed E-state index contributed by atoms with van der Waals surface area (Å²) >= 11 is 0. The van der Waals surface area contributed by atoms with E-state index in [4.69, 9.17) is 0 Å². The summed E-state index contributed by atoms with van der Waals surface area (Å²) in [6, 6.07) is 5.84. The van der Waals surface area contributed by atoms with Crippen molar-refractivity contribution in [2.75, 3.05) is 31.6 Å². The van der Waals surface area contributed by atoms with Crippen LogP contribution in [0.25, 0.3) is 0 Å². The van der Waals surface area contributed by atoms with Crippen LogP contribution in [0.1, 0.15) is 43.0 Å². The van der Waals surface area contributed by atoms with Crippen LogP contribution in [0, 0.1) is 10.1 Å². The maximum atomic E-state index is 12.2. The fraction of sp³-hybridized carbons (Fsp3) is 0.611. The second kappa shape index (κ2) is 7.39. The normalized spacial score (nSPS) is 22.2. The molecule has 1 aromatic carbocycles. The molecule has 7 heteroatoms. The van der Waals surface area contributed by atoms with Crippen molar-refractivity contribution in [3.8, 4) is 0 Å². The first-order chi connectivity index (χ1) is 12.0. The topological polar surface area (TPSA) is 78.7 Å². The van der Waals surface area contributed by atoms with Crippen LogP contribution in [-0.4, -0.2) is 54.5 Å². The standard InChI is InChI=1S/C18H26N4O3/c1-13-4-3-9-21(13)14-7-10-20(11-8-14)17-6-5-15(22(24)25)12-16(17)18(23)19-2/h5-6,12-14H,3-4,7-11H2,1-2H3,(H,19,23). The zero-order valence-electron chi connectivity index (χ0n) is 14.9. The van der Waals surface area contributed by atoms with Crippen molar-refractivity contribution in [3.63, 3.8) is 0 Å². The molecule has 2 fully saturated rings. The highest BCUT2D eigenvalue weighted by molar-refractivity contribution is 6.00. The molecule has 0 saturated carbocycles. The van der Waals surface area contributed by atoms with E-state index in [1.165, 1.54) is 31.5 Å². The minimum absolute atomic E-state index is 0.0527. The highest BCUT2D eigenvalue weighted by atomic mass is 16.6. The van der Waals surface area contributed by atoms with Crippen LogP contribution in [0.5, 0.6) is 0 Å². The Labute approximate surface area is 148 Å². The number of hydrogen-bond donors (Lipinski definition) is 1. The summed E-state index contributed by atoms with van der Waals surface area (Å²) in [5.41, 5.74) is 1.12. The predicted molar refractivity (Wildman–Crippen MR) is 97.1 cm³/mol. The molecule has 3 rings (SSSR count). The molecule has 7 nitrogen and oxygen atoms in total. The molecule has 25 heavy (non-hydrogen) atoms. The number of nitrogens with zero attached hydrogens (tertiary/aromatic N) is 3. The summed E-state index contributed by atoms with van der Waals surface area (Å²) in [4.78, 5) is 27.6. The number of amides is 1. The number of nitrogens with one attached hydrogen (secondary N) is 1. The molecule has 1 atom stereocenters. The van der Waals surface area contributed by atoms with Crippen LogP contribution in [0.3, 0.4) is 0 Å². The maximum absolute atomic E-state index is 12.2. The van der Waals surface area contributed by atoms with E-state index in [0.717, 1.165) is 31.6 Å². The molecule has 1 unspecified atom stereocenters. The molecule has 1 amide bonds. The van der Waals surface area contributed by atoms with Crippen molar-refractivity contribution in [1.29, 1.82) is 0 Å². The highest BCUT2D eigenvalue weighted by Crippen LogP contribution is 2.31. The number of non-ortho nitro benzene ring substituents is 1. The third-order valence-electron chi connectivity index (χ3n) is 5.54. The number of hydrogen-bond acceptors (Lipinski definition) is 5. The number of piperidine rings is 1. The van der Waals surface area contributed by atoms with E-state index in [1.54, 1.807) is 13.1 Å². The van der Waals surface area contributed by atoms with Crippen LogP contribution in [0.2, 0.25) is 0 Å². The van der Waals surface area contributed by atoms with Gasteiger partial charge >= 0.3 is 0 Å². The molecule has 136 valence electrons. The molecule has 2 saturated heterocycles. The van der Waals surface area contributed by atoms with E-state index in [1.807, 2.05) is 0 Å². The summed E-state index contributed by atoms with van der Waals surface area (Å²) in [5.74, 6) is -0.283. The monoisotopic (exact) mass is 346 g/mol. The van der Waals surface area contributed by atoms with Gasteiger partial charge in [-0.25, -0.2) is 0 Å². The van der Waals surface area contributed by atoms with Gasteiger partial charge in [0, 0.05) is 44.4 Å². The van der Waals surface area contributed by atoms with Gasteiger partial charge in [0.05, 0.1) is 16.2 Å². The maximum Gasteiger partial charge on any atom is 0.270 e. The molecule has 0 aromatic heterocycles. The molecule has 1 N–H and O–H groups in total. The number of nitro benzene ring substituents is 1. The lowest BCUT2D eigenvalue weighted by Gasteiger charge is -2.40. The second-order valence-electron chi connectivity index (χ2n) is 6.98. The SMILES string of the molecule is CNC(=O)c1cc([N+](=O)[O-])ccc1N1CCC(N2CCCC2C)CC1. The van der Waals surface area contributed by atoms with Gasteiger partial charge < -0.3 is 10.2 Å². The predicted octanol–water partition coefficient (Wildman–Crippen LogP) is 2.41. The summed E-state index contributed by atoms with van der Waals surface area (Å²) in [6.45, 7) is 5.23. The minimum Gasteiger partial charge on any atom is -0.371 e. The van der Waals surface area contributed by atoms with Gasteiger partial charge in [-0.15, -0.1) is 0 Å². The zero-order chi connectivity index (χ0) is 18.0. The Hall–Kier alpha value is -2.15. The fourth-order valence-electron chi connectivity index (χ4n) is 4.17. The number of likely N-dealkylation sites (tertiary alicyclic amines) is 1. The van der Waals surface area contributed by atoms with Crippen molar-refractivity contribution in [2.24, 2.45) is 0 Å². The Balaban J connectivity index is 1.76. The van der Waals surface area contributed by atoms with Crippen molar-refractivity contribution in [1.82, 2.24) is 10.2 Å². The number of carbonyl (C=O) groups is 1. The number of carbonyl (C=O) groups excluding carboxylic acids is 1. The van der Waals surface area contributed by atoms with Crippen LogP contribution in [0.4, 0.5) is 11.4 Å². The van der Waals surface area contributed by atoms with Gasteiger partial charge in [-0.2, -0.15) is 0 Å².